The number of hydrogen-bond donors (Lipinski definition) is 0. The lowest BCUT2D eigenvalue weighted by Crippen LogP contribution is -2.25. The van der Waals surface area contributed by atoms with Gasteiger partial charge >= 0.3 is 0 Å². The molecular formula is C26H25N3OS. The van der Waals surface area contributed by atoms with Crippen molar-refractivity contribution >= 4 is 34.6 Å². The Morgan fingerprint density at radius 1 is 1.19 bits per heavy atom. The van der Waals surface area contributed by atoms with Crippen LogP contribution < -0.4 is 4.90 Å². The third kappa shape index (κ3) is 2.97. The highest BCUT2D eigenvalue weighted by Gasteiger charge is 2.31. The summed E-state index contributed by atoms with van der Waals surface area (Å²) in [5.41, 5.74) is 7.98. The normalized spacial score (nSPS) is 16.5. The first kappa shape index (κ1) is 19.8. The second-order valence-corrected chi connectivity index (χ2v) is 9.37. The predicted molar refractivity (Wildman–Crippen MR) is 127 cm³/mol. The van der Waals surface area contributed by atoms with E-state index < -0.39 is 0 Å². The molecule has 156 valence electrons. The number of nitriles is 1. The summed E-state index contributed by atoms with van der Waals surface area (Å²) in [7, 11) is 0. The molecule has 0 radical (unpaired) electrons. The number of anilines is 1. The topological polar surface area (TPSA) is 49.0 Å². The Balaban J connectivity index is 1.64. The van der Waals surface area contributed by atoms with Crippen molar-refractivity contribution in [1.29, 1.82) is 5.26 Å². The minimum Gasteiger partial charge on any atom is -0.308 e. The maximum atomic E-state index is 13.1. The van der Waals surface area contributed by atoms with Crippen LogP contribution in [0.5, 0.6) is 0 Å². The van der Waals surface area contributed by atoms with Crippen molar-refractivity contribution in [2.75, 3.05) is 11.4 Å². The van der Waals surface area contributed by atoms with Gasteiger partial charge in [-0.1, -0.05) is 18.2 Å². The Morgan fingerprint density at radius 3 is 2.74 bits per heavy atom. The van der Waals surface area contributed by atoms with Gasteiger partial charge in [0.2, 0.25) is 0 Å². The second-order valence-electron chi connectivity index (χ2n) is 8.29. The molecule has 3 heterocycles. The Bertz CT molecular complexity index is 1280. The van der Waals surface area contributed by atoms with E-state index in [1.165, 1.54) is 16.9 Å². The number of carbonyl (C=O) groups excluding carboxylic acids is 1. The summed E-state index contributed by atoms with van der Waals surface area (Å²) < 4.78 is 2.21. The quantitative estimate of drug-likeness (QED) is 0.495. The van der Waals surface area contributed by atoms with Crippen molar-refractivity contribution in [3.8, 4) is 11.1 Å². The Labute approximate surface area is 187 Å². The van der Waals surface area contributed by atoms with E-state index in [0.717, 1.165) is 63.6 Å². The third-order valence-corrected chi connectivity index (χ3v) is 7.79. The van der Waals surface area contributed by atoms with Crippen molar-refractivity contribution in [2.24, 2.45) is 0 Å². The van der Waals surface area contributed by atoms with E-state index in [4.69, 9.17) is 0 Å². The number of amides is 1. The average Bonchev–Trinajstić information content (AvgIpc) is 3.37. The van der Waals surface area contributed by atoms with Crippen LogP contribution in [0.15, 0.2) is 30.3 Å². The summed E-state index contributed by atoms with van der Waals surface area (Å²) >= 11 is 1.76. The molecule has 0 saturated heterocycles. The predicted octanol–water partition coefficient (Wildman–Crippen LogP) is 5.81. The number of carbonyl (C=O) groups is 1. The molecule has 1 aromatic carbocycles. The van der Waals surface area contributed by atoms with Gasteiger partial charge in [-0.25, -0.2) is 0 Å². The molecule has 0 bridgehead atoms. The first-order valence-electron chi connectivity index (χ1n) is 10.9. The number of rotatable bonds is 3. The summed E-state index contributed by atoms with van der Waals surface area (Å²) in [5, 5.41) is 11.0. The van der Waals surface area contributed by atoms with Crippen LogP contribution in [0.25, 0.3) is 16.7 Å². The monoisotopic (exact) mass is 427 g/mol. The minimum absolute atomic E-state index is 0.0535. The van der Waals surface area contributed by atoms with Gasteiger partial charge in [-0.15, -0.1) is 11.3 Å². The van der Waals surface area contributed by atoms with Crippen LogP contribution in [0.2, 0.25) is 0 Å². The highest BCUT2D eigenvalue weighted by atomic mass is 32.1. The smallest absolute Gasteiger partial charge is 0.258 e. The lowest BCUT2D eigenvalue weighted by atomic mass is 9.96. The molecule has 1 amide bonds. The van der Waals surface area contributed by atoms with Crippen molar-refractivity contribution in [3.05, 3.63) is 68.9 Å². The van der Waals surface area contributed by atoms with E-state index in [1.54, 1.807) is 11.3 Å². The summed E-state index contributed by atoms with van der Waals surface area (Å²) in [6, 6.07) is 12.6. The molecule has 0 atom stereocenters. The Hall–Kier alpha value is -3.10. The van der Waals surface area contributed by atoms with Gasteiger partial charge in [0.05, 0.1) is 11.3 Å². The van der Waals surface area contributed by atoms with Crippen molar-refractivity contribution < 1.29 is 4.79 Å². The van der Waals surface area contributed by atoms with Gasteiger partial charge in [-0.3, -0.25) is 4.79 Å². The average molecular weight is 428 g/mol. The fourth-order valence-electron chi connectivity index (χ4n) is 4.99. The molecule has 3 aromatic rings. The van der Waals surface area contributed by atoms with Gasteiger partial charge in [-0.2, -0.15) is 5.26 Å². The van der Waals surface area contributed by atoms with Gasteiger partial charge in [-0.05, 0) is 75.8 Å². The molecule has 5 rings (SSSR count). The van der Waals surface area contributed by atoms with E-state index in [-0.39, 0.29) is 5.91 Å². The number of aromatic nitrogens is 1. The molecule has 1 aliphatic heterocycles. The summed E-state index contributed by atoms with van der Waals surface area (Å²) in [6.07, 6.45) is 6.46. The maximum absolute atomic E-state index is 13.1. The zero-order valence-electron chi connectivity index (χ0n) is 18.2. The minimum atomic E-state index is 0.0535. The van der Waals surface area contributed by atoms with Gasteiger partial charge in [0.15, 0.2) is 0 Å². The van der Waals surface area contributed by atoms with Gasteiger partial charge in [0.25, 0.3) is 5.91 Å². The maximum Gasteiger partial charge on any atom is 0.258 e. The second kappa shape index (κ2) is 7.55. The first-order valence-corrected chi connectivity index (χ1v) is 11.7. The highest BCUT2D eigenvalue weighted by molar-refractivity contribution is 7.15. The number of aryl methyl sites for hydroxylation is 2. The van der Waals surface area contributed by atoms with E-state index >= 15 is 0 Å². The SMILES string of the molecule is CCN1C(=O)/C(=C/c2cc(C)n(-c3sc4c(c3C#N)CCCC4)c2C)c2ccccc21. The van der Waals surface area contributed by atoms with Crippen LogP contribution in [0.1, 0.15) is 58.3 Å². The lowest BCUT2D eigenvalue weighted by molar-refractivity contribution is -0.112. The molecule has 0 saturated carbocycles. The van der Waals surface area contributed by atoms with E-state index in [1.807, 2.05) is 42.2 Å². The molecule has 0 unspecified atom stereocenters. The molecule has 2 aliphatic rings. The molecule has 31 heavy (non-hydrogen) atoms. The third-order valence-electron chi connectivity index (χ3n) is 6.51. The number of para-hydroxylation sites is 1. The zero-order chi connectivity index (χ0) is 21.7. The van der Waals surface area contributed by atoms with Crippen LogP contribution in [0.3, 0.4) is 0 Å². The number of thiophene rings is 1. The summed E-state index contributed by atoms with van der Waals surface area (Å²) in [4.78, 5) is 16.3. The van der Waals surface area contributed by atoms with Crippen molar-refractivity contribution in [3.63, 3.8) is 0 Å². The van der Waals surface area contributed by atoms with Gasteiger partial charge in [0.1, 0.15) is 11.1 Å². The number of nitrogens with zero attached hydrogens (tertiary/aromatic N) is 3. The zero-order valence-corrected chi connectivity index (χ0v) is 19.0. The molecule has 0 fully saturated rings. The number of likely N-dealkylation sites (N-methyl/N-ethyl adjacent to an activating group) is 1. The van der Waals surface area contributed by atoms with E-state index in [2.05, 4.69) is 30.6 Å². The van der Waals surface area contributed by atoms with E-state index in [9.17, 15) is 10.1 Å². The summed E-state index contributed by atoms with van der Waals surface area (Å²) in [6.45, 7) is 6.82. The Morgan fingerprint density at radius 2 is 1.97 bits per heavy atom. The molecular weight excluding hydrogens is 402 g/mol. The van der Waals surface area contributed by atoms with Gasteiger partial charge < -0.3 is 9.47 Å². The van der Waals surface area contributed by atoms with E-state index in [0.29, 0.717) is 6.54 Å². The van der Waals surface area contributed by atoms with Crippen LogP contribution in [-0.4, -0.2) is 17.0 Å². The highest BCUT2D eigenvalue weighted by Crippen LogP contribution is 2.40. The van der Waals surface area contributed by atoms with Gasteiger partial charge in [0, 0.05) is 33.9 Å². The molecule has 4 nitrogen and oxygen atoms in total. The number of benzene rings is 1. The fourth-order valence-corrected chi connectivity index (χ4v) is 6.44. The molecule has 1 aliphatic carbocycles. The largest absolute Gasteiger partial charge is 0.308 e. The summed E-state index contributed by atoms with van der Waals surface area (Å²) in [5.74, 6) is 0.0535. The first-order chi connectivity index (χ1) is 15.0. The lowest BCUT2D eigenvalue weighted by Gasteiger charge is -2.13. The molecule has 0 spiro atoms. The number of fused-ring (bicyclic) bond motifs is 2. The standard InChI is InChI=1S/C26H25N3OS/c1-4-28-23-11-7-5-9-19(23)21(25(28)30)14-18-13-16(2)29(17(18)3)26-22(15-27)20-10-6-8-12-24(20)31-26/h5,7,9,11,13-14H,4,6,8,10,12H2,1-3H3/b21-14+. The molecule has 2 aromatic heterocycles. The fraction of sp³-hybridized carbons (Fsp3) is 0.308. The van der Waals surface area contributed by atoms with Crippen molar-refractivity contribution in [2.45, 2.75) is 46.5 Å². The molecule has 5 heteroatoms. The van der Waals surface area contributed by atoms with Crippen LogP contribution in [-0.2, 0) is 17.6 Å². The number of hydrogen-bond acceptors (Lipinski definition) is 3. The Kier molecular flexibility index (Phi) is 4.83. The van der Waals surface area contributed by atoms with Crippen LogP contribution in [0.4, 0.5) is 5.69 Å². The van der Waals surface area contributed by atoms with Crippen molar-refractivity contribution in [1.82, 2.24) is 4.57 Å². The van der Waals surface area contributed by atoms with Crippen LogP contribution >= 0.6 is 11.3 Å². The molecule has 0 N–H and O–H groups in total. The van der Waals surface area contributed by atoms with Crippen LogP contribution in [0, 0.1) is 25.2 Å².